The van der Waals surface area contributed by atoms with Crippen LogP contribution in [0, 0.1) is 24.0 Å². The normalized spacial score (nSPS) is 10.7. The summed E-state index contributed by atoms with van der Waals surface area (Å²) < 4.78 is 5.50. The number of ether oxygens (including phenoxy) is 1. The molecule has 0 aliphatic rings. The number of carbonyl (C=O) groups is 2. The van der Waals surface area contributed by atoms with E-state index in [0.29, 0.717) is 11.3 Å². The molecule has 2 amide bonds. The first-order valence-electron chi connectivity index (χ1n) is 10.2. The maximum atomic E-state index is 12.2. The van der Waals surface area contributed by atoms with Crippen LogP contribution in [0.4, 0.5) is 11.4 Å². The Labute approximate surface area is 210 Å². The molecule has 11 heteroatoms. The van der Waals surface area contributed by atoms with Gasteiger partial charge in [-0.05, 0) is 60.9 Å². The van der Waals surface area contributed by atoms with E-state index in [0.717, 1.165) is 17.2 Å². The molecule has 0 saturated heterocycles. The average molecular weight is 515 g/mol. The molecule has 35 heavy (non-hydrogen) atoms. The molecule has 0 atom stereocenters. The van der Waals surface area contributed by atoms with Crippen molar-refractivity contribution in [2.24, 2.45) is 5.10 Å². The average Bonchev–Trinajstić information content (AvgIpc) is 2.81. The van der Waals surface area contributed by atoms with E-state index in [4.69, 9.17) is 27.9 Å². The Balaban J connectivity index is 1.59. The summed E-state index contributed by atoms with van der Waals surface area (Å²) in [7, 11) is 0. The van der Waals surface area contributed by atoms with Crippen LogP contribution in [-0.2, 0) is 4.79 Å². The summed E-state index contributed by atoms with van der Waals surface area (Å²) in [6.45, 7) is 3.62. The second-order valence-electron chi connectivity index (χ2n) is 7.46. The Kier molecular flexibility index (Phi) is 8.40. The second kappa shape index (κ2) is 11.5. The largest absolute Gasteiger partial charge is 0.481 e. The second-order valence-corrected chi connectivity index (χ2v) is 8.27. The van der Waals surface area contributed by atoms with Crippen LogP contribution in [0.15, 0.2) is 59.7 Å². The third-order valence-electron chi connectivity index (χ3n) is 4.86. The first-order chi connectivity index (χ1) is 16.6. The van der Waals surface area contributed by atoms with Gasteiger partial charge in [-0.2, -0.15) is 5.10 Å². The minimum Gasteiger partial charge on any atom is -0.481 e. The number of rotatable bonds is 8. The first kappa shape index (κ1) is 25.7. The maximum Gasteiger partial charge on any atom is 0.271 e. The molecule has 3 aromatic carbocycles. The lowest BCUT2D eigenvalue weighted by molar-refractivity contribution is -0.384. The van der Waals surface area contributed by atoms with Crippen molar-refractivity contribution in [2.45, 2.75) is 13.8 Å². The predicted molar refractivity (Wildman–Crippen MR) is 135 cm³/mol. The number of hydrazone groups is 1. The van der Waals surface area contributed by atoms with E-state index in [1.165, 1.54) is 36.5 Å². The highest BCUT2D eigenvalue weighted by molar-refractivity contribution is 6.37. The van der Waals surface area contributed by atoms with Gasteiger partial charge in [0, 0.05) is 23.4 Å². The van der Waals surface area contributed by atoms with Gasteiger partial charge in [0.2, 0.25) is 0 Å². The number of nitrogens with one attached hydrogen (secondary N) is 2. The van der Waals surface area contributed by atoms with Crippen LogP contribution >= 0.6 is 23.2 Å². The molecule has 3 aromatic rings. The summed E-state index contributed by atoms with van der Waals surface area (Å²) in [5.74, 6) is -0.881. The van der Waals surface area contributed by atoms with Crippen molar-refractivity contribution in [3.63, 3.8) is 0 Å². The third kappa shape index (κ3) is 7.02. The van der Waals surface area contributed by atoms with Gasteiger partial charge in [-0.25, -0.2) is 5.43 Å². The molecule has 3 rings (SSSR count). The van der Waals surface area contributed by atoms with E-state index in [2.05, 4.69) is 15.8 Å². The number of nitro benzene ring substituents is 1. The van der Waals surface area contributed by atoms with Crippen LogP contribution in [0.1, 0.15) is 27.0 Å². The van der Waals surface area contributed by atoms with E-state index < -0.39 is 10.8 Å². The fourth-order valence-electron chi connectivity index (χ4n) is 2.94. The number of nitro groups is 1. The minimum atomic E-state index is -0.628. The molecule has 180 valence electrons. The molecule has 9 nitrogen and oxygen atoms in total. The monoisotopic (exact) mass is 514 g/mol. The molecule has 0 fully saturated rings. The molecule has 0 saturated carbocycles. The summed E-state index contributed by atoms with van der Waals surface area (Å²) in [4.78, 5) is 34.6. The number of anilines is 1. The van der Waals surface area contributed by atoms with Crippen molar-refractivity contribution in [1.29, 1.82) is 0 Å². The summed E-state index contributed by atoms with van der Waals surface area (Å²) in [6, 6.07) is 13.8. The van der Waals surface area contributed by atoms with Crippen LogP contribution in [0.3, 0.4) is 0 Å². The Morgan fingerprint density at radius 3 is 2.43 bits per heavy atom. The van der Waals surface area contributed by atoms with Gasteiger partial charge in [-0.15, -0.1) is 0 Å². The standard InChI is InChI=1S/C24H20Cl2N4O5/c1-14-6-7-18(8-15(14)2)28-22(31)13-35-23-20(25)9-16(10-21(23)26)12-27-29-24(32)17-4-3-5-19(11-17)30(33)34/h3-12H,13H2,1-2H3,(H,28,31)(H,29,32)/b27-12+. The highest BCUT2D eigenvalue weighted by atomic mass is 35.5. The van der Waals surface area contributed by atoms with Gasteiger partial charge >= 0.3 is 0 Å². The van der Waals surface area contributed by atoms with Crippen LogP contribution < -0.4 is 15.5 Å². The molecule has 0 unspecified atom stereocenters. The molecule has 2 N–H and O–H groups in total. The van der Waals surface area contributed by atoms with E-state index in [1.807, 2.05) is 26.0 Å². The van der Waals surface area contributed by atoms with Gasteiger partial charge in [0.1, 0.15) is 0 Å². The van der Waals surface area contributed by atoms with Gasteiger partial charge < -0.3 is 10.1 Å². The number of amides is 2. The number of nitrogens with zero attached hydrogens (tertiary/aromatic N) is 2. The van der Waals surface area contributed by atoms with Crippen LogP contribution in [0.25, 0.3) is 0 Å². The number of non-ortho nitro benzene ring substituents is 1. The summed E-state index contributed by atoms with van der Waals surface area (Å²) in [5.41, 5.74) is 5.41. The molecule has 0 bridgehead atoms. The molecule has 0 spiro atoms. The number of hydrogen-bond donors (Lipinski definition) is 2. The Morgan fingerprint density at radius 2 is 1.77 bits per heavy atom. The maximum absolute atomic E-state index is 12.2. The summed E-state index contributed by atoms with van der Waals surface area (Å²) >= 11 is 12.5. The van der Waals surface area contributed by atoms with E-state index in [-0.39, 0.29) is 39.6 Å². The van der Waals surface area contributed by atoms with E-state index >= 15 is 0 Å². The van der Waals surface area contributed by atoms with Crippen molar-refractivity contribution < 1.29 is 19.2 Å². The summed E-state index contributed by atoms with van der Waals surface area (Å²) in [5, 5.41) is 17.7. The van der Waals surface area contributed by atoms with Gasteiger partial charge in [-0.1, -0.05) is 35.3 Å². The van der Waals surface area contributed by atoms with Gasteiger partial charge in [0.25, 0.3) is 17.5 Å². The lowest BCUT2D eigenvalue weighted by atomic mass is 10.1. The zero-order valence-electron chi connectivity index (χ0n) is 18.7. The van der Waals surface area contributed by atoms with Crippen molar-refractivity contribution in [2.75, 3.05) is 11.9 Å². The zero-order valence-corrected chi connectivity index (χ0v) is 20.2. The first-order valence-corrected chi connectivity index (χ1v) is 11.0. The van der Waals surface area contributed by atoms with Gasteiger partial charge in [-0.3, -0.25) is 19.7 Å². The van der Waals surface area contributed by atoms with Gasteiger partial charge in [0.05, 0.1) is 21.2 Å². The topological polar surface area (TPSA) is 123 Å². The van der Waals surface area contributed by atoms with Crippen molar-refractivity contribution in [3.8, 4) is 5.75 Å². The van der Waals surface area contributed by atoms with Crippen LogP contribution in [0.2, 0.25) is 10.0 Å². The number of hydrogen-bond acceptors (Lipinski definition) is 6. The highest BCUT2D eigenvalue weighted by Crippen LogP contribution is 2.34. The molecule has 0 aliphatic carbocycles. The van der Waals surface area contributed by atoms with Crippen LogP contribution in [0.5, 0.6) is 5.75 Å². The van der Waals surface area contributed by atoms with Crippen molar-refractivity contribution in [1.82, 2.24) is 5.43 Å². The zero-order chi connectivity index (χ0) is 25.5. The molecule has 0 aliphatic heterocycles. The molecule has 0 aromatic heterocycles. The van der Waals surface area contributed by atoms with Crippen molar-refractivity contribution in [3.05, 3.63) is 97.0 Å². The third-order valence-corrected chi connectivity index (χ3v) is 5.42. The Morgan fingerprint density at radius 1 is 1.06 bits per heavy atom. The van der Waals surface area contributed by atoms with E-state index in [9.17, 15) is 19.7 Å². The minimum absolute atomic E-state index is 0.0789. The number of benzene rings is 3. The van der Waals surface area contributed by atoms with Crippen LogP contribution in [-0.4, -0.2) is 29.6 Å². The Hall–Kier alpha value is -3.95. The quantitative estimate of drug-likeness (QED) is 0.240. The van der Waals surface area contributed by atoms with Gasteiger partial charge in [0.15, 0.2) is 12.4 Å². The SMILES string of the molecule is Cc1ccc(NC(=O)COc2c(Cl)cc(/C=N/NC(=O)c3cccc([N+](=O)[O-])c3)cc2Cl)cc1C. The lowest BCUT2D eigenvalue weighted by Crippen LogP contribution is -2.20. The smallest absolute Gasteiger partial charge is 0.271 e. The highest BCUT2D eigenvalue weighted by Gasteiger charge is 2.13. The molecule has 0 radical (unpaired) electrons. The molecular weight excluding hydrogens is 495 g/mol. The number of carbonyl (C=O) groups excluding carboxylic acids is 2. The molecular formula is C24H20Cl2N4O5. The number of aryl methyl sites for hydroxylation is 2. The van der Waals surface area contributed by atoms with E-state index in [1.54, 1.807) is 6.07 Å². The van der Waals surface area contributed by atoms with Crippen molar-refractivity contribution >= 4 is 52.6 Å². The number of halogens is 2. The fraction of sp³-hybridized carbons (Fsp3) is 0.125. The lowest BCUT2D eigenvalue weighted by Gasteiger charge is -2.12. The predicted octanol–water partition coefficient (Wildman–Crippen LogP) is 5.30. The fourth-order valence-corrected chi connectivity index (χ4v) is 3.55. The summed E-state index contributed by atoms with van der Waals surface area (Å²) in [6.07, 6.45) is 1.29. The Bertz CT molecular complexity index is 1300. The molecule has 0 heterocycles.